The van der Waals surface area contributed by atoms with Crippen molar-refractivity contribution in [1.29, 1.82) is 0 Å². The number of benzene rings is 1. The molecule has 2 heterocycles. The van der Waals surface area contributed by atoms with E-state index in [9.17, 15) is 4.39 Å². The van der Waals surface area contributed by atoms with Crippen molar-refractivity contribution < 1.29 is 4.39 Å². The number of halogens is 1. The number of rotatable bonds is 7. The fraction of sp³-hybridized carbons (Fsp3) is 0.389. The fourth-order valence-corrected chi connectivity index (χ4v) is 3.54. The van der Waals surface area contributed by atoms with Gasteiger partial charge in [0.05, 0.1) is 4.90 Å². The normalized spacial score (nSPS) is 11.6. The van der Waals surface area contributed by atoms with E-state index in [1.54, 1.807) is 6.07 Å². The molecule has 0 aliphatic carbocycles. The minimum atomic E-state index is -0.255. The molecule has 0 saturated heterocycles. The number of anilines is 1. The maximum atomic E-state index is 14.3. The van der Waals surface area contributed by atoms with E-state index in [0.717, 1.165) is 18.5 Å². The standard InChI is InChI=1S/C18H23FN6S/c1-11(2)21-7-4-8-25-17-15(16(20)22-10-23-17)24-18(25)26-14-6-5-12(3)9-13(14)19/h5-6,9-11,21H,4,7-8H2,1-3H3,(H2,20,22,23). The lowest BCUT2D eigenvalue weighted by molar-refractivity contribution is 0.525. The molecule has 26 heavy (non-hydrogen) atoms. The molecule has 1 aromatic carbocycles. The summed E-state index contributed by atoms with van der Waals surface area (Å²) in [5.74, 6) is 0.0782. The highest BCUT2D eigenvalue weighted by molar-refractivity contribution is 7.99. The number of imidazole rings is 1. The zero-order valence-corrected chi connectivity index (χ0v) is 16.0. The molecular formula is C18H23FN6S. The second kappa shape index (κ2) is 8.01. The predicted octanol–water partition coefficient (Wildman–Crippen LogP) is 3.40. The zero-order valence-electron chi connectivity index (χ0n) is 15.2. The molecule has 0 fully saturated rings. The molecule has 6 nitrogen and oxygen atoms in total. The Morgan fingerprint density at radius 3 is 2.85 bits per heavy atom. The molecule has 8 heteroatoms. The van der Waals surface area contributed by atoms with Gasteiger partial charge in [-0.25, -0.2) is 19.3 Å². The minimum absolute atomic E-state index is 0.255. The Kier molecular flexibility index (Phi) is 5.73. The maximum absolute atomic E-state index is 14.3. The SMILES string of the molecule is Cc1ccc(Sc2nc3c(N)ncnc3n2CCCNC(C)C)c(F)c1. The molecule has 0 spiro atoms. The van der Waals surface area contributed by atoms with Crippen molar-refractivity contribution in [2.45, 2.75) is 49.8 Å². The molecule has 2 aromatic heterocycles. The average Bonchev–Trinajstić information content (AvgIpc) is 2.93. The van der Waals surface area contributed by atoms with Crippen LogP contribution in [0, 0.1) is 12.7 Å². The van der Waals surface area contributed by atoms with Crippen molar-refractivity contribution in [3.63, 3.8) is 0 Å². The number of aryl methyl sites for hydroxylation is 2. The zero-order chi connectivity index (χ0) is 18.7. The van der Waals surface area contributed by atoms with Crippen LogP contribution < -0.4 is 11.1 Å². The molecule has 0 atom stereocenters. The van der Waals surface area contributed by atoms with Crippen LogP contribution in [0.3, 0.4) is 0 Å². The van der Waals surface area contributed by atoms with Crippen molar-refractivity contribution in [2.75, 3.05) is 12.3 Å². The number of nitrogens with zero attached hydrogens (tertiary/aromatic N) is 4. The van der Waals surface area contributed by atoms with Gasteiger partial charge in [-0.15, -0.1) is 0 Å². The second-order valence-electron chi connectivity index (χ2n) is 6.48. The molecule has 0 bridgehead atoms. The molecule has 0 saturated carbocycles. The molecule has 0 radical (unpaired) electrons. The van der Waals surface area contributed by atoms with Gasteiger partial charge >= 0.3 is 0 Å². The predicted molar refractivity (Wildman–Crippen MR) is 103 cm³/mol. The van der Waals surface area contributed by atoms with Crippen LogP contribution in [-0.2, 0) is 6.54 Å². The quantitative estimate of drug-likeness (QED) is 0.617. The summed E-state index contributed by atoms with van der Waals surface area (Å²) < 4.78 is 16.3. The first-order valence-electron chi connectivity index (χ1n) is 8.60. The van der Waals surface area contributed by atoms with E-state index in [1.807, 2.05) is 17.6 Å². The van der Waals surface area contributed by atoms with E-state index < -0.39 is 0 Å². The summed E-state index contributed by atoms with van der Waals surface area (Å²) in [6.45, 7) is 7.68. The second-order valence-corrected chi connectivity index (χ2v) is 7.48. The summed E-state index contributed by atoms with van der Waals surface area (Å²) in [6, 6.07) is 5.62. The van der Waals surface area contributed by atoms with E-state index >= 15 is 0 Å². The number of hydrogen-bond donors (Lipinski definition) is 2. The van der Waals surface area contributed by atoms with Crippen LogP contribution in [0.25, 0.3) is 11.2 Å². The minimum Gasteiger partial charge on any atom is -0.382 e. The molecule has 0 amide bonds. The van der Waals surface area contributed by atoms with Crippen molar-refractivity contribution in [2.24, 2.45) is 0 Å². The van der Waals surface area contributed by atoms with Crippen molar-refractivity contribution >= 4 is 28.7 Å². The van der Waals surface area contributed by atoms with Crippen LogP contribution in [0.4, 0.5) is 10.2 Å². The topological polar surface area (TPSA) is 81.7 Å². The van der Waals surface area contributed by atoms with Gasteiger partial charge in [-0.05, 0) is 49.3 Å². The Bertz CT molecular complexity index is 908. The fourth-order valence-electron chi connectivity index (χ4n) is 2.63. The Labute approximate surface area is 156 Å². The largest absolute Gasteiger partial charge is 0.382 e. The number of nitrogens with one attached hydrogen (secondary N) is 1. The maximum Gasteiger partial charge on any atom is 0.175 e. The van der Waals surface area contributed by atoms with Crippen molar-refractivity contribution in [3.05, 3.63) is 35.9 Å². The summed E-state index contributed by atoms with van der Waals surface area (Å²) in [4.78, 5) is 13.4. The first kappa shape index (κ1) is 18.6. The summed E-state index contributed by atoms with van der Waals surface area (Å²) in [5, 5.41) is 4.06. The third-order valence-electron chi connectivity index (χ3n) is 3.92. The summed E-state index contributed by atoms with van der Waals surface area (Å²) in [6.07, 6.45) is 2.33. The van der Waals surface area contributed by atoms with Gasteiger partial charge in [0.15, 0.2) is 22.1 Å². The molecule has 0 aliphatic rings. The van der Waals surface area contributed by atoms with Crippen LogP contribution >= 0.6 is 11.8 Å². The first-order chi connectivity index (χ1) is 12.5. The molecule has 138 valence electrons. The lowest BCUT2D eigenvalue weighted by atomic mass is 10.2. The van der Waals surface area contributed by atoms with Crippen LogP contribution in [0.1, 0.15) is 25.8 Å². The van der Waals surface area contributed by atoms with E-state index in [1.165, 1.54) is 24.2 Å². The van der Waals surface area contributed by atoms with Gasteiger partial charge in [0, 0.05) is 12.6 Å². The monoisotopic (exact) mass is 374 g/mol. The van der Waals surface area contributed by atoms with E-state index in [0.29, 0.717) is 39.6 Å². The Hall–Kier alpha value is -2.19. The highest BCUT2D eigenvalue weighted by Crippen LogP contribution is 2.32. The Morgan fingerprint density at radius 2 is 2.12 bits per heavy atom. The average molecular weight is 374 g/mol. The molecule has 3 aromatic rings. The van der Waals surface area contributed by atoms with Gasteiger partial charge in [0.2, 0.25) is 0 Å². The van der Waals surface area contributed by atoms with Crippen LogP contribution in [-0.4, -0.2) is 32.1 Å². The Balaban J connectivity index is 1.92. The number of fused-ring (bicyclic) bond motifs is 1. The third kappa shape index (κ3) is 4.13. The van der Waals surface area contributed by atoms with Gasteiger partial charge in [0.1, 0.15) is 12.1 Å². The first-order valence-corrected chi connectivity index (χ1v) is 9.41. The smallest absolute Gasteiger partial charge is 0.175 e. The van der Waals surface area contributed by atoms with E-state index in [-0.39, 0.29) is 5.82 Å². The van der Waals surface area contributed by atoms with Gasteiger partial charge < -0.3 is 15.6 Å². The summed E-state index contributed by atoms with van der Waals surface area (Å²) in [5.41, 5.74) is 8.07. The highest BCUT2D eigenvalue weighted by atomic mass is 32.2. The summed E-state index contributed by atoms with van der Waals surface area (Å²) >= 11 is 1.28. The van der Waals surface area contributed by atoms with Crippen LogP contribution in [0.2, 0.25) is 0 Å². The molecular weight excluding hydrogens is 351 g/mol. The van der Waals surface area contributed by atoms with Gasteiger partial charge in [0.25, 0.3) is 0 Å². The molecule has 3 N–H and O–H groups in total. The van der Waals surface area contributed by atoms with Crippen molar-refractivity contribution in [3.8, 4) is 0 Å². The number of nitrogen functional groups attached to an aromatic ring is 1. The molecule has 0 aliphatic heterocycles. The lowest BCUT2D eigenvalue weighted by Gasteiger charge is -2.11. The number of aromatic nitrogens is 4. The number of hydrogen-bond acceptors (Lipinski definition) is 6. The van der Waals surface area contributed by atoms with Crippen LogP contribution in [0.5, 0.6) is 0 Å². The lowest BCUT2D eigenvalue weighted by Crippen LogP contribution is -2.24. The highest BCUT2D eigenvalue weighted by Gasteiger charge is 2.17. The van der Waals surface area contributed by atoms with E-state index in [4.69, 9.17) is 5.73 Å². The van der Waals surface area contributed by atoms with Gasteiger partial charge in [-0.2, -0.15) is 0 Å². The number of nitrogens with two attached hydrogens (primary N) is 1. The summed E-state index contributed by atoms with van der Waals surface area (Å²) in [7, 11) is 0. The molecule has 0 unspecified atom stereocenters. The van der Waals surface area contributed by atoms with Crippen LogP contribution in [0.15, 0.2) is 34.6 Å². The molecule has 3 rings (SSSR count). The van der Waals surface area contributed by atoms with E-state index in [2.05, 4.69) is 34.1 Å². The van der Waals surface area contributed by atoms with Crippen molar-refractivity contribution in [1.82, 2.24) is 24.8 Å². The Morgan fingerprint density at radius 1 is 1.31 bits per heavy atom. The van der Waals surface area contributed by atoms with Gasteiger partial charge in [-0.3, -0.25) is 0 Å². The third-order valence-corrected chi connectivity index (χ3v) is 4.97. The van der Waals surface area contributed by atoms with Gasteiger partial charge in [-0.1, -0.05) is 19.9 Å².